The summed E-state index contributed by atoms with van der Waals surface area (Å²) in [5.41, 5.74) is 6.99. The second-order valence-corrected chi connectivity index (χ2v) is 7.79. The topological polar surface area (TPSA) is 58.7 Å². The smallest absolute Gasteiger partial charge is 0.269 e. The Labute approximate surface area is 152 Å². The first-order chi connectivity index (χ1) is 12.5. The van der Waals surface area contributed by atoms with Gasteiger partial charge in [0.25, 0.3) is 5.69 Å². The summed E-state index contributed by atoms with van der Waals surface area (Å²) in [4.78, 5) is 18.4. The van der Waals surface area contributed by atoms with E-state index >= 15 is 0 Å². The van der Waals surface area contributed by atoms with E-state index in [1.54, 1.807) is 12.1 Å². The molecule has 0 bridgehead atoms. The fourth-order valence-corrected chi connectivity index (χ4v) is 5.32. The normalized spacial score (nSPS) is 25.7. The van der Waals surface area contributed by atoms with Gasteiger partial charge < -0.3 is 4.90 Å². The highest BCUT2D eigenvalue weighted by Crippen LogP contribution is 2.53. The van der Waals surface area contributed by atoms with Gasteiger partial charge in [-0.15, -0.1) is 0 Å². The molecule has 132 valence electrons. The first-order valence-electron chi connectivity index (χ1n) is 9.21. The molecule has 1 saturated heterocycles. The van der Waals surface area contributed by atoms with E-state index in [-0.39, 0.29) is 16.0 Å². The molecule has 0 N–H and O–H groups in total. The monoisotopic (exact) mass is 347 g/mol. The van der Waals surface area contributed by atoms with Crippen LogP contribution >= 0.6 is 0 Å². The van der Waals surface area contributed by atoms with Crippen molar-refractivity contribution in [2.24, 2.45) is 4.99 Å². The van der Waals surface area contributed by atoms with Gasteiger partial charge in [-0.25, -0.2) is 0 Å². The van der Waals surface area contributed by atoms with E-state index in [9.17, 15) is 10.1 Å². The zero-order valence-electron chi connectivity index (χ0n) is 15.0. The molecule has 1 spiro atoms. The van der Waals surface area contributed by atoms with Gasteiger partial charge in [0.05, 0.1) is 16.0 Å². The lowest BCUT2D eigenvalue weighted by Crippen LogP contribution is -2.55. The van der Waals surface area contributed by atoms with Crippen LogP contribution in [0.5, 0.6) is 0 Å². The van der Waals surface area contributed by atoms with Gasteiger partial charge in [-0.05, 0) is 56.4 Å². The van der Waals surface area contributed by atoms with Crippen LogP contribution in [0.1, 0.15) is 36.5 Å². The molecule has 0 aromatic heterocycles. The van der Waals surface area contributed by atoms with Crippen LogP contribution < -0.4 is 4.90 Å². The molecule has 3 aliphatic rings. The van der Waals surface area contributed by atoms with Gasteiger partial charge in [-0.2, -0.15) is 0 Å². The van der Waals surface area contributed by atoms with E-state index in [4.69, 9.17) is 4.99 Å². The summed E-state index contributed by atoms with van der Waals surface area (Å²) in [6, 6.07) is 12.2. The maximum Gasteiger partial charge on any atom is 0.269 e. The summed E-state index contributed by atoms with van der Waals surface area (Å²) < 4.78 is 0. The molecule has 5 heteroatoms. The molecule has 0 aliphatic carbocycles. The number of hydrogen-bond donors (Lipinski definition) is 0. The highest BCUT2D eigenvalue weighted by molar-refractivity contribution is 6.02. The zero-order valence-corrected chi connectivity index (χ0v) is 15.0. The Balaban J connectivity index is 1.75. The SMILES string of the molecule is CC1=Nc2ccc(C)cc2C12Cc1cc([N+](=O)[O-])ccc1N1CCCC12. The van der Waals surface area contributed by atoms with Crippen LogP contribution in [0.15, 0.2) is 41.4 Å². The van der Waals surface area contributed by atoms with Crippen molar-refractivity contribution in [3.63, 3.8) is 0 Å². The largest absolute Gasteiger partial charge is 0.367 e. The lowest BCUT2D eigenvalue weighted by Gasteiger charge is -2.47. The van der Waals surface area contributed by atoms with Crippen molar-refractivity contribution < 1.29 is 4.92 Å². The van der Waals surface area contributed by atoms with Crippen LogP contribution in [-0.4, -0.2) is 23.2 Å². The van der Waals surface area contributed by atoms with Crippen molar-refractivity contribution in [3.05, 3.63) is 63.2 Å². The molecule has 2 atom stereocenters. The van der Waals surface area contributed by atoms with Gasteiger partial charge in [0.15, 0.2) is 0 Å². The third-order valence-corrected chi connectivity index (χ3v) is 6.44. The van der Waals surface area contributed by atoms with Crippen molar-refractivity contribution in [1.82, 2.24) is 0 Å². The summed E-state index contributed by atoms with van der Waals surface area (Å²) in [5, 5.41) is 11.3. The summed E-state index contributed by atoms with van der Waals surface area (Å²) in [6.45, 7) is 5.26. The van der Waals surface area contributed by atoms with Crippen LogP contribution in [0.25, 0.3) is 0 Å². The van der Waals surface area contributed by atoms with E-state index in [1.807, 2.05) is 6.07 Å². The standard InChI is InChI=1S/C21H21N3O2/c1-13-5-7-18-17(10-13)21(14(2)22-18)12-15-11-16(24(25)26)6-8-19(15)23-9-3-4-20(21)23/h5-8,10-11,20H,3-4,9,12H2,1-2H3. The molecule has 26 heavy (non-hydrogen) atoms. The number of fused-ring (bicyclic) bond motifs is 6. The summed E-state index contributed by atoms with van der Waals surface area (Å²) in [6.07, 6.45) is 3.07. The summed E-state index contributed by atoms with van der Waals surface area (Å²) >= 11 is 0. The summed E-state index contributed by atoms with van der Waals surface area (Å²) in [5.74, 6) is 0. The molecule has 0 saturated carbocycles. The summed E-state index contributed by atoms with van der Waals surface area (Å²) in [7, 11) is 0. The molecule has 3 heterocycles. The van der Waals surface area contributed by atoms with Crippen LogP contribution in [0.2, 0.25) is 0 Å². The maximum atomic E-state index is 11.3. The highest BCUT2D eigenvalue weighted by Gasteiger charge is 2.54. The molecule has 2 unspecified atom stereocenters. The quantitative estimate of drug-likeness (QED) is 0.565. The zero-order chi connectivity index (χ0) is 18.1. The van der Waals surface area contributed by atoms with Crippen molar-refractivity contribution >= 4 is 22.8 Å². The van der Waals surface area contributed by atoms with E-state index < -0.39 is 0 Å². The minimum atomic E-state index is -0.295. The number of anilines is 1. The number of aliphatic imine (C=N–C) groups is 1. The second kappa shape index (κ2) is 5.16. The van der Waals surface area contributed by atoms with E-state index in [2.05, 4.69) is 36.9 Å². The molecule has 1 fully saturated rings. The number of nitrogens with zero attached hydrogens (tertiary/aromatic N) is 3. The van der Waals surface area contributed by atoms with Crippen LogP contribution in [-0.2, 0) is 11.8 Å². The van der Waals surface area contributed by atoms with Gasteiger partial charge in [0.1, 0.15) is 0 Å². The maximum absolute atomic E-state index is 11.3. The third kappa shape index (κ3) is 1.88. The molecule has 5 rings (SSSR count). The fraction of sp³-hybridized carbons (Fsp3) is 0.381. The minimum absolute atomic E-state index is 0.167. The van der Waals surface area contributed by atoms with Crippen molar-refractivity contribution in [2.45, 2.75) is 44.6 Å². The van der Waals surface area contributed by atoms with Gasteiger partial charge in [-0.1, -0.05) is 17.7 Å². The number of aryl methyl sites for hydroxylation is 1. The molecule has 3 aliphatic heterocycles. The van der Waals surface area contributed by atoms with Crippen molar-refractivity contribution in [2.75, 3.05) is 11.4 Å². The van der Waals surface area contributed by atoms with Crippen LogP contribution in [0.4, 0.5) is 17.1 Å². The molecular weight excluding hydrogens is 326 g/mol. The minimum Gasteiger partial charge on any atom is -0.367 e. The lowest BCUT2D eigenvalue weighted by molar-refractivity contribution is -0.384. The molecule has 0 amide bonds. The number of nitro benzene ring substituents is 1. The molecule has 0 radical (unpaired) electrons. The van der Waals surface area contributed by atoms with Gasteiger partial charge in [0, 0.05) is 36.1 Å². The Hall–Kier alpha value is -2.69. The third-order valence-electron chi connectivity index (χ3n) is 6.44. The molecule has 2 aromatic carbocycles. The lowest BCUT2D eigenvalue weighted by atomic mass is 9.65. The number of hydrogen-bond acceptors (Lipinski definition) is 4. The molecule has 2 aromatic rings. The van der Waals surface area contributed by atoms with Crippen LogP contribution in [0.3, 0.4) is 0 Å². The average molecular weight is 347 g/mol. The Morgan fingerprint density at radius 3 is 2.88 bits per heavy atom. The fourth-order valence-electron chi connectivity index (χ4n) is 5.32. The molecule has 5 nitrogen and oxygen atoms in total. The molecular formula is C21H21N3O2. The Morgan fingerprint density at radius 1 is 1.23 bits per heavy atom. The van der Waals surface area contributed by atoms with Crippen molar-refractivity contribution in [3.8, 4) is 0 Å². The van der Waals surface area contributed by atoms with Crippen LogP contribution in [0, 0.1) is 17.0 Å². The first-order valence-corrected chi connectivity index (χ1v) is 9.21. The number of benzene rings is 2. The Kier molecular flexibility index (Phi) is 3.09. The number of non-ortho nitro benzene ring substituents is 1. The van der Waals surface area contributed by atoms with E-state index in [0.29, 0.717) is 6.04 Å². The first kappa shape index (κ1) is 15.6. The number of nitro groups is 1. The average Bonchev–Trinajstić information content (AvgIpc) is 3.20. The predicted octanol–water partition coefficient (Wildman–Crippen LogP) is 4.47. The highest BCUT2D eigenvalue weighted by atomic mass is 16.6. The van der Waals surface area contributed by atoms with Gasteiger partial charge in [0.2, 0.25) is 0 Å². The number of rotatable bonds is 1. The van der Waals surface area contributed by atoms with Gasteiger partial charge >= 0.3 is 0 Å². The second-order valence-electron chi connectivity index (χ2n) is 7.79. The Morgan fingerprint density at radius 2 is 2.08 bits per heavy atom. The van der Waals surface area contributed by atoms with E-state index in [0.717, 1.165) is 48.5 Å². The van der Waals surface area contributed by atoms with E-state index in [1.165, 1.54) is 11.1 Å². The predicted molar refractivity (Wildman–Crippen MR) is 103 cm³/mol. The Bertz CT molecular complexity index is 981. The van der Waals surface area contributed by atoms with Gasteiger partial charge in [-0.3, -0.25) is 15.1 Å². The van der Waals surface area contributed by atoms with Crippen molar-refractivity contribution in [1.29, 1.82) is 0 Å².